The second kappa shape index (κ2) is 11.5. The van der Waals surface area contributed by atoms with Crippen molar-refractivity contribution >= 4 is 11.7 Å². The third-order valence-electron chi connectivity index (χ3n) is 8.92. The summed E-state index contributed by atoms with van der Waals surface area (Å²) in [6.45, 7) is 10.4. The maximum Gasteiger partial charge on any atom is 0.233 e. The Kier molecular flexibility index (Phi) is 9.16. The zero-order valence-corrected chi connectivity index (χ0v) is 21.9. The van der Waals surface area contributed by atoms with Gasteiger partial charge < -0.3 is 20.6 Å². The number of Topliss-reactive ketones (excluding diaryl/α,β-unsaturated/α-hetero) is 1. The highest BCUT2D eigenvalue weighted by Crippen LogP contribution is 2.56. The fourth-order valence-electron chi connectivity index (χ4n) is 7.05. The molecule has 0 spiro atoms. The Morgan fingerprint density at radius 1 is 1.20 bits per heavy atom. The van der Waals surface area contributed by atoms with E-state index in [1.807, 2.05) is 32.9 Å². The number of carbonyl (C=O) groups is 2. The van der Waals surface area contributed by atoms with Crippen LogP contribution in [0, 0.1) is 46.8 Å². The lowest BCUT2D eigenvalue weighted by Crippen LogP contribution is -2.55. The number of fused-ring (bicyclic) bond motifs is 1. The number of ketones is 1. The standard InChI is InChI=1S/C29H45NO5/c1-6-23(32)18(3)9-7-8-10-22(31)15-21-12-11-20-14-17(2)13-19(4)26(20)29(21,5)27(34)25-24(33)16-30-28(25)35/h7-12,17-26,31-33H,6,13-16H2,1-5H3,(H,30,35)/b9-7+,10-8+. The molecular formula is C29H45NO5. The third-order valence-corrected chi connectivity index (χ3v) is 8.92. The lowest BCUT2D eigenvalue weighted by Gasteiger charge is -2.54. The van der Waals surface area contributed by atoms with Crippen molar-refractivity contribution in [3.05, 3.63) is 36.5 Å². The van der Waals surface area contributed by atoms with Crippen LogP contribution in [0.2, 0.25) is 0 Å². The van der Waals surface area contributed by atoms with Crippen LogP contribution in [0.25, 0.3) is 0 Å². The highest BCUT2D eigenvalue weighted by atomic mass is 16.3. The maximum absolute atomic E-state index is 14.1. The summed E-state index contributed by atoms with van der Waals surface area (Å²) in [5.41, 5.74) is -0.850. The van der Waals surface area contributed by atoms with Crippen molar-refractivity contribution in [3.63, 3.8) is 0 Å². The first-order chi connectivity index (χ1) is 16.5. The van der Waals surface area contributed by atoms with Crippen LogP contribution in [-0.4, -0.2) is 51.9 Å². The summed E-state index contributed by atoms with van der Waals surface area (Å²) in [6, 6.07) is 0. The third kappa shape index (κ3) is 5.81. The minimum atomic E-state index is -1.05. The molecule has 3 aliphatic rings. The fraction of sp³-hybridized carbons (Fsp3) is 0.724. The van der Waals surface area contributed by atoms with Gasteiger partial charge in [0, 0.05) is 17.9 Å². The summed E-state index contributed by atoms with van der Waals surface area (Å²) >= 11 is 0. The van der Waals surface area contributed by atoms with Gasteiger partial charge in [-0.15, -0.1) is 0 Å². The van der Waals surface area contributed by atoms with Gasteiger partial charge in [-0.2, -0.15) is 0 Å². The maximum atomic E-state index is 14.1. The Balaban J connectivity index is 1.85. The zero-order chi connectivity index (χ0) is 25.9. The topological polar surface area (TPSA) is 107 Å². The Morgan fingerprint density at radius 2 is 1.89 bits per heavy atom. The summed E-state index contributed by atoms with van der Waals surface area (Å²) in [6.07, 6.45) is 12.5. The van der Waals surface area contributed by atoms with Crippen LogP contribution >= 0.6 is 0 Å². The lowest BCUT2D eigenvalue weighted by atomic mass is 9.49. The molecule has 35 heavy (non-hydrogen) atoms. The molecule has 2 aliphatic carbocycles. The minimum Gasteiger partial charge on any atom is -0.393 e. The highest BCUT2D eigenvalue weighted by molar-refractivity contribution is 6.06. The van der Waals surface area contributed by atoms with E-state index in [-0.39, 0.29) is 48.0 Å². The molecule has 1 saturated carbocycles. The molecule has 3 rings (SSSR count). The van der Waals surface area contributed by atoms with Crippen LogP contribution in [0.3, 0.4) is 0 Å². The zero-order valence-electron chi connectivity index (χ0n) is 21.9. The number of hydrogen-bond acceptors (Lipinski definition) is 5. The lowest BCUT2D eigenvalue weighted by molar-refractivity contribution is -0.150. The van der Waals surface area contributed by atoms with E-state index in [2.05, 4.69) is 31.3 Å². The second-order valence-electron chi connectivity index (χ2n) is 11.6. The van der Waals surface area contributed by atoms with Crippen molar-refractivity contribution in [1.82, 2.24) is 5.32 Å². The van der Waals surface area contributed by atoms with E-state index in [0.717, 1.165) is 12.8 Å². The SMILES string of the molecule is CCC(O)C(C)/C=C/C=C/C(O)CC1C=CC2CC(C)CC(C)C2C1(C)C(=O)C1C(=O)NCC1O. The van der Waals surface area contributed by atoms with Crippen LogP contribution in [0.15, 0.2) is 36.5 Å². The van der Waals surface area contributed by atoms with Gasteiger partial charge in [0.2, 0.25) is 5.91 Å². The summed E-state index contributed by atoms with van der Waals surface area (Å²) in [7, 11) is 0. The minimum absolute atomic E-state index is 0.0279. The Bertz CT molecular complexity index is 850. The quantitative estimate of drug-likeness (QED) is 0.226. The van der Waals surface area contributed by atoms with Gasteiger partial charge in [-0.3, -0.25) is 9.59 Å². The van der Waals surface area contributed by atoms with Gasteiger partial charge in [0.1, 0.15) is 5.92 Å². The van der Waals surface area contributed by atoms with E-state index in [4.69, 9.17) is 0 Å². The molecule has 6 nitrogen and oxygen atoms in total. The van der Waals surface area contributed by atoms with Crippen LogP contribution in [0.4, 0.5) is 0 Å². The molecule has 0 radical (unpaired) electrons. The average molecular weight is 488 g/mol. The van der Waals surface area contributed by atoms with Crippen molar-refractivity contribution in [2.24, 2.45) is 46.8 Å². The van der Waals surface area contributed by atoms with E-state index in [1.165, 1.54) is 0 Å². The number of rotatable bonds is 9. The van der Waals surface area contributed by atoms with Crippen LogP contribution in [0.5, 0.6) is 0 Å². The fourth-order valence-corrected chi connectivity index (χ4v) is 7.05. The highest BCUT2D eigenvalue weighted by Gasteiger charge is 2.58. The predicted octanol–water partition coefficient (Wildman–Crippen LogP) is 3.42. The molecule has 0 bridgehead atoms. The van der Waals surface area contributed by atoms with Gasteiger partial charge in [0.15, 0.2) is 5.78 Å². The van der Waals surface area contributed by atoms with Crippen LogP contribution in [0.1, 0.15) is 60.3 Å². The first-order valence-corrected chi connectivity index (χ1v) is 13.4. The second-order valence-corrected chi connectivity index (χ2v) is 11.6. The first kappa shape index (κ1) is 27.8. The molecule has 1 amide bonds. The van der Waals surface area contributed by atoms with Gasteiger partial charge in [0.25, 0.3) is 0 Å². The molecule has 4 N–H and O–H groups in total. The number of nitrogens with one attached hydrogen (secondary N) is 1. The summed E-state index contributed by atoms with van der Waals surface area (Å²) in [5.74, 6) is -0.656. The molecule has 0 aromatic heterocycles. The molecule has 0 aromatic carbocycles. The van der Waals surface area contributed by atoms with Gasteiger partial charge >= 0.3 is 0 Å². The van der Waals surface area contributed by atoms with Gasteiger partial charge in [-0.25, -0.2) is 0 Å². The van der Waals surface area contributed by atoms with E-state index < -0.39 is 23.5 Å². The van der Waals surface area contributed by atoms with Crippen molar-refractivity contribution < 1.29 is 24.9 Å². The Morgan fingerprint density at radius 3 is 2.51 bits per heavy atom. The normalized spacial score (nSPS) is 40.0. The molecule has 0 aromatic rings. The van der Waals surface area contributed by atoms with E-state index in [1.54, 1.807) is 12.2 Å². The van der Waals surface area contributed by atoms with E-state index >= 15 is 0 Å². The molecular weight excluding hydrogens is 442 g/mol. The molecule has 11 atom stereocenters. The largest absolute Gasteiger partial charge is 0.393 e. The smallest absolute Gasteiger partial charge is 0.233 e. The Hall–Kier alpha value is -1.76. The van der Waals surface area contributed by atoms with E-state index in [9.17, 15) is 24.9 Å². The number of carbonyl (C=O) groups excluding carboxylic acids is 2. The average Bonchev–Trinajstić information content (AvgIpc) is 3.14. The molecule has 6 heteroatoms. The van der Waals surface area contributed by atoms with Crippen molar-refractivity contribution in [3.8, 4) is 0 Å². The van der Waals surface area contributed by atoms with Gasteiger partial charge in [0.05, 0.1) is 18.3 Å². The molecule has 1 saturated heterocycles. The molecule has 11 unspecified atom stereocenters. The van der Waals surface area contributed by atoms with Gasteiger partial charge in [-0.05, 0) is 55.3 Å². The molecule has 1 aliphatic heterocycles. The number of aliphatic hydroxyl groups excluding tert-OH is 3. The number of β-amino-alcohol motifs (C(OH)–C–C–N with tert-alkyl or cyclic N) is 1. The summed E-state index contributed by atoms with van der Waals surface area (Å²) in [4.78, 5) is 26.6. The number of hydrogen-bond donors (Lipinski definition) is 4. The van der Waals surface area contributed by atoms with E-state index in [0.29, 0.717) is 24.7 Å². The number of aliphatic hydroxyl groups is 3. The van der Waals surface area contributed by atoms with Crippen molar-refractivity contribution in [1.29, 1.82) is 0 Å². The summed E-state index contributed by atoms with van der Waals surface area (Å²) in [5, 5.41) is 33.9. The van der Waals surface area contributed by atoms with Gasteiger partial charge in [-0.1, -0.05) is 71.1 Å². The predicted molar refractivity (Wildman–Crippen MR) is 137 cm³/mol. The van der Waals surface area contributed by atoms with Crippen molar-refractivity contribution in [2.45, 2.75) is 78.6 Å². The monoisotopic (exact) mass is 487 g/mol. The number of amides is 1. The van der Waals surface area contributed by atoms with Crippen LogP contribution < -0.4 is 5.32 Å². The number of allylic oxidation sites excluding steroid dienone is 4. The van der Waals surface area contributed by atoms with Crippen molar-refractivity contribution in [2.75, 3.05) is 6.54 Å². The first-order valence-electron chi connectivity index (χ1n) is 13.4. The summed E-state index contributed by atoms with van der Waals surface area (Å²) < 4.78 is 0. The Labute approximate surface area is 210 Å². The molecule has 196 valence electrons. The van der Waals surface area contributed by atoms with Crippen LogP contribution in [-0.2, 0) is 9.59 Å². The molecule has 1 heterocycles. The molecule has 2 fully saturated rings.